The van der Waals surface area contributed by atoms with Crippen LogP contribution in [0.25, 0.3) is 83.5 Å². The molecule has 9 rings (SSSR count). The highest BCUT2D eigenvalue weighted by Gasteiger charge is 2.18. The molecule has 2 heterocycles. The second-order valence-corrected chi connectivity index (χ2v) is 12.9. The summed E-state index contributed by atoms with van der Waals surface area (Å²) in [7, 11) is 0. The van der Waals surface area contributed by atoms with Crippen LogP contribution in [0.3, 0.4) is 0 Å². The summed E-state index contributed by atoms with van der Waals surface area (Å²) in [4.78, 5) is 0. The van der Waals surface area contributed by atoms with Gasteiger partial charge in [0.15, 0.2) is 0 Å². The van der Waals surface area contributed by atoms with Crippen LogP contribution in [-0.4, -0.2) is 9.13 Å². The van der Waals surface area contributed by atoms with Gasteiger partial charge in [0.2, 0.25) is 0 Å². The van der Waals surface area contributed by atoms with Gasteiger partial charge in [-0.15, -0.1) is 0 Å². The zero-order valence-electron chi connectivity index (χ0n) is 28.1. The molecule has 0 spiro atoms. The summed E-state index contributed by atoms with van der Waals surface area (Å²) >= 11 is 0. The summed E-state index contributed by atoms with van der Waals surface area (Å²) in [5.74, 6) is 0. The quantitative estimate of drug-likeness (QED) is 0.164. The zero-order valence-corrected chi connectivity index (χ0v) is 28.1. The van der Waals surface area contributed by atoms with Crippen molar-refractivity contribution in [2.75, 3.05) is 0 Å². The van der Waals surface area contributed by atoms with Crippen LogP contribution in [0.2, 0.25) is 0 Å². The van der Waals surface area contributed by atoms with Crippen LogP contribution in [0.1, 0.15) is 18.2 Å². The van der Waals surface area contributed by atoms with Crippen molar-refractivity contribution >= 4 is 38.8 Å². The highest BCUT2D eigenvalue weighted by atomic mass is 15.0. The molecule has 0 bridgehead atoms. The summed E-state index contributed by atoms with van der Waals surface area (Å²) in [5, 5.41) is 3.73. The molecule has 9 aromatic rings. The lowest BCUT2D eigenvalue weighted by atomic mass is 9.99. The third kappa shape index (κ3) is 4.88. The lowest BCUT2D eigenvalue weighted by molar-refractivity contribution is 0.957. The summed E-state index contributed by atoms with van der Waals surface area (Å²) in [6, 6.07) is 61.5. The van der Waals surface area contributed by atoms with Crippen molar-refractivity contribution in [3.63, 3.8) is 0 Å². The van der Waals surface area contributed by atoms with Crippen molar-refractivity contribution in [1.29, 1.82) is 0 Å². The van der Waals surface area contributed by atoms with Crippen molar-refractivity contribution in [3.8, 4) is 44.8 Å². The van der Waals surface area contributed by atoms with E-state index in [0.717, 1.165) is 12.1 Å². The minimum atomic E-state index is 0.923. The highest BCUT2D eigenvalue weighted by Crippen LogP contribution is 2.38. The first-order valence-electron chi connectivity index (χ1n) is 17.4. The number of fused-ring (bicyclic) bond motifs is 4. The Morgan fingerprint density at radius 1 is 0.420 bits per heavy atom. The molecule has 0 aliphatic heterocycles. The van der Waals surface area contributed by atoms with E-state index in [1.165, 1.54) is 83.0 Å². The first kappa shape index (κ1) is 29.7. The SMILES string of the molecule is C=Cc1c(CC)n(-c2ccccc2)c2ccc(-c3ccc4c(c3)c3ccccc3n4-c3ccc(-c4cccc(-c5ccccc5)c4)cc3)cc12. The minimum absolute atomic E-state index is 0.923. The summed E-state index contributed by atoms with van der Waals surface area (Å²) < 4.78 is 4.78. The maximum Gasteiger partial charge on any atom is 0.0541 e. The molecule has 0 radical (unpaired) electrons. The third-order valence-electron chi connectivity index (χ3n) is 10.1. The van der Waals surface area contributed by atoms with Crippen molar-refractivity contribution in [1.82, 2.24) is 9.13 Å². The lowest BCUT2D eigenvalue weighted by Gasteiger charge is -2.11. The van der Waals surface area contributed by atoms with Crippen molar-refractivity contribution in [2.45, 2.75) is 13.3 Å². The summed E-state index contributed by atoms with van der Waals surface area (Å²) in [6.07, 6.45) is 2.94. The van der Waals surface area contributed by atoms with Gasteiger partial charge in [-0.3, -0.25) is 0 Å². The molecule has 0 amide bonds. The smallest absolute Gasteiger partial charge is 0.0541 e. The predicted molar refractivity (Wildman–Crippen MR) is 213 cm³/mol. The number of hydrogen-bond acceptors (Lipinski definition) is 0. The highest BCUT2D eigenvalue weighted by molar-refractivity contribution is 6.10. The Kier molecular flexibility index (Phi) is 7.29. The number of para-hydroxylation sites is 2. The van der Waals surface area contributed by atoms with Crippen LogP contribution in [0, 0.1) is 0 Å². The van der Waals surface area contributed by atoms with E-state index in [2.05, 4.69) is 192 Å². The van der Waals surface area contributed by atoms with Crippen LogP contribution in [0.15, 0.2) is 176 Å². The van der Waals surface area contributed by atoms with Crippen LogP contribution in [-0.2, 0) is 6.42 Å². The van der Waals surface area contributed by atoms with Gasteiger partial charge in [-0.2, -0.15) is 0 Å². The molecule has 0 unspecified atom stereocenters. The fraction of sp³-hybridized carbons (Fsp3) is 0.0417. The van der Waals surface area contributed by atoms with Crippen LogP contribution >= 0.6 is 0 Å². The molecule has 0 aliphatic carbocycles. The van der Waals surface area contributed by atoms with E-state index in [0.29, 0.717) is 0 Å². The molecule has 2 heteroatoms. The van der Waals surface area contributed by atoms with E-state index in [9.17, 15) is 0 Å². The maximum absolute atomic E-state index is 4.23. The molecule has 2 aromatic heterocycles. The van der Waals surface area contributed by atoms with Crippen LogP contribution < -0.4 is 0 Å². The van der Waals surface area contributed by atoms with E-state index < -0.39 is 0 Å². The van der Waals surface area contributed by atoms with Crippen LogP contribution in [0.4, 0.5) is 0 Å². The molecule has 0 fully saturated rings. The Morgan fingerprint density at radius 3 is 1.60 bits per heavy atom. The Hall–Kier alpha value is -6.38. The fourth-order valence-electron chi connectivity index (χ4n) is 7.74. The van der Waals surface area contributed by atoms with E-state index in [-0.39, 0.29) is 0 Å². The first-order valence-corrected chi connectivity index (χ1v) is 17.4. The van der Waals surface area contributed by atoms with Gasteiger partial charge in [-0.1, -0.05) is 129 Å². The molecule has 0 saturated carbocycles. The fourth-order valence-corrected chi connectivity index (χ4v) is 7.74. The molecule has 0 atom stereocenters. The molecule has 2 nitrogen and oxygen atoms in total. The van der Waals surface area contributed by atoms with E-state index >= 15 is 0 Å². The van der Waals surface area contributed by atoms with Crippen molar-refractivity contribution in [3.05, 3.63) is 188 Å². The molecule has 0 N–H and O–H groups in total. The molecule has 50 heavy (non-hydrogen) atoms. The van der Waals surface area contributed by atoms with E-state index in [4.69, 9.17) is 0 Å². The van der Waals surface area contributed by atoms with Gasteiger partial charge in [0, 0.05) is 38.8 Å². The van der Waals surface area contributed by atoms with Gasteiger partial charge >= 0.3 is 0 Å². The largest absolute Gasteiger partial charge is 0.313 e. The number of hydrogen-bond donors (Lipinski definition) is 0. The van der Waals surface area contributed by atoms with Gasteiger partial charge in [-0.25, -0.2) is 0 Å². The molecule has 7 aromatic carbocycles. The van der Waals surface area contributed by atoms with Gasteiger partial charge < -0.3 is 9.13 Å². The van der Waals surface area contributed by atoms with Crippen molar-refractivity contribution < 1.29 is 0 Å². The second kappa shape index (κ2) is 12.3. The first-order chi connectivity index (χ1) is 24.7. The van der Waals surface area contributed by atoms with Gasteiger partial charge in [0.1, 0.15) is 0 Å². The van der Waals surface area contributed by atoms with E-state index in [1.807, 2.05) is 6.08 Å². The predicted octanol–water partition coefficient (Wildman–Crippen LogP) is 12.9. The molecule has 238 valence electrons. The van der Waals surface area contributed by atoms with Gasteiger partial charge in [0.05, 0.1) is 16.6 Å². The number of nitrogens with zero attached hydrogens (tertiary/aromatic N) is 2. The van der Waals surface area contributed by atoms with E-state index in [1.54, 1.807) is 0 Å². The Morgan fingerprint density at radius 2 is 0.920 bits per heavy atom. The Balaban J connectivity index is 1.13. The van der Waals surface area contributed by atoms with Crippen molar-refractivity contribution in [2.24, 2.45) is 0 Å². The average Bonchev–Trinajstić information content (AvgIpc) is 3.70. The van der Waals surface area contributed by atoms with Gasteiger partial charge in [-0.05, 0) is 100 Å². The van der Waals surface area contributed by atoms with Crippen LogP contribution in [0.5, 0.6) is 0 Å². The van der Waals surface area contributed by atoms with Gasteiger partial charge in [0.25, 0.3) is 0 Å². The lowest BCUT2D eigenvalue weighted by Crippen LogP contribution is -1.99. The zero-order chi connectivity index (χ0) is 33.6. The number of aromatic nitrogens is 2. The summed E-state index contributed by atoms with van der Waals surface area (Å²) in [5.41, 5.74) is 15.7. The average molecular weight is 641 g/mol. The summed E-state index contributed by atoms with van der Waals surface area (Å²) in [6.45, 7) is 6.45. The Bertz CT molecular complexity index is 2670. The molecular formula is C48H36N2. The minimum Gasteiger partial charge on any atom is -0.313 e. The molecule has 0 aliphatic rings. The standard InChI is InChI=1S/C48H36N2/c1-3-41-43-31-37(24-28-47(43)49(45(41)4-2)39-18-9-6-10-19-39)38-25-29-48-44(32-38)42-20-11-12-21-46(42)50(48)40-26-22-34(23-27-40)36-17-13-16-35(30-36)33-14-7-5-8-15-33/h3,5-32H,1,4H2,2H3. The topological polar surface area (TPSA) is 9.86 Å². The normalized spacial score (nSPS) is 11.5. The third-order valence-corrected chi connectivity index (χ3v) is 10.1. The molecular weight excluding hydrogens is 605 g/mol. The number of rotatable bonds is 7. The monoisotopic (exact) mass is 640 g/mol. The molecule has 0 saturated heterocycles. The number of benzene rings is 7. The maximum atomic E-state index is 4.23. The second-order valence-electron chi connectivity index (χ2n) is 12.9. The Labute approximate surface area is 292 Å².